The molecule has 1 aromatic carbocycles. The minimum Gasteiger partial charge on any atom is -0.341 e. The van der Waals surface area contributed by atoms with E-state index in [4.69, 9.17) is 11.6 Å². The number of nitrogens with zero attached hydrogens (tertiary/aromatic N) is 2. The van der Waals surface area contributed by atoms with Gasteiger partial charge in [0.25, 0.3) is 0 Å². The van der Waals surface area contributed by atoms with Crippen LogP contribution in [0.5, 0.6) is 0 Å². The largest absolute Gasteiger partial charge is 0.341 e. The molecular weight excluding hydrogens is 348 g/mol. The number of carbonyl (C=O) groups is 1. The van der Waals surface area contributed by atoms with Gasteiger partial charge in [-0.1, -0.05) is 36.9 Å². The van der Waals surface area contributed by atoms with E-state index in [-0.39, 0.29) is 11.9 Å². The van der Waals surface area contributed by atoms with E-state index in [1.54, 1.807) is 43.1 Å². The van der Waals surface area contributed by atoms with Gasteiger partial charge in [0, 0.05) is 18.1 Å². The van der Waals surface area contributed by atoms with Crippen LogP contribution in [0.3, 0.4) is 0 Å². The van der Waals surface area contributed by atoms with Crippen LogP contribution < -0.4 is 4.31 Å². The van der Waals surface area contributed by atoms with Gasteiger partial charge in [-0.05, 0) is 38.0 Å². The molecule has 24 heavy (non-hydrogen) atoms. The summed E-state index contributed by atoms with van der Waals surface area (Å²) in [6, 6.07) is 5.94. The van der Waals surface area contributed by atoms with E-state index >= 15 is 0 Å². The number of halogens is 1. The van der Waals surface area contributed by atoms with Crippen molar-refractivity contribution in [3.63, 3.8) is 0 Å². The van der Waals surface area contributed by atoms with E-state index in [0.29, 0.717) is 10.7 Å². The zero-order valence-corrected chi connectivity index (χ0v) is 16.0. The van der Waals surface area contributed by atoms with Crippen LogP contribution in [0.15, 0.2) is 24.3 Å². The third-order valence-electron chi connectivity index (χ3n) is 4.60. The van der Waals surface area contributed by atoms with Crippen LogP contribution in [-0.4, -0.2) is 44.6 Å². The summed E-state index contributed by atoms with van der Waals surface area (Å²) in [7, 11) is -1.84. The van der Waals surface area contributed by atoms with Crippen molar-refractivity contribution in [2.24, 2.45) is 0 Å². The molecule has 134 valence electrons. The number of carbonyl (C=O) groups excluding carboxylic acids is 1. The van der Waals surface area contributed by atoms with Crippen molar-refractivity contribution < 1.29 is 13.2 Å². The maximum atomic E-state index is 12.9. The van der Waals surface area contributed by atoms with Gasteiger partial charge in [-0.2, -0.15) is 0 Å². The molecule has 0 heterocycles. The molecule has 0 aliphatic heterocycles. The highest BCUT2D eigenvalue weighted by Crippen LogP contribution is 2.27. The number of hydrogen-bond donors (Lipinski definition) is 0. The van der Waals surface area contributed by atoms with Crippen molar-refractivity contribution in [1.82, 2.24) is 4.90 Å². The highest BCUT2D eigenvalue weighted by molar-refractivity contribution is 7.92. The number of sulfonamides is 1. The predicted octanol–water partition coefficient (Wildman–Crippen LogP) is 3.29. The Morgan fingerprint density at radius 2 is 1.88 bits per heavy atom. The van der Waals surface area contributed by atoms with Crippen molar-refractivity contribution >= 4 is 33.2 Å². The Morgan fingerprint density at radius 1 is 1.25 bits per heavy atom. The first kappa shape index (κ1) is 19.1. The number of anilines is 1. The summed E-state index contributed by atoms with van der Waals surface area (Å²) in [5, 5.41) is 0.432. The average Bonchev–Trinajstić information content (AvgIpc) is 2.53. The van der Waals surface area contributed by atoms with Crippen LogP contribution in [0.25, 0.3) is 0 Å². The maximum Gasteiger partial charge on any atom is 0.246 e. The Bertz CT molecular complexity index is 687. The molecule has 1 saturated carbocycles. The highest BCUT2D eigenvalue weighted by atomic mass is 35.5. The van der Waals surface area contributed by atoms with Crippen LogP contribution in [0.4, 0.5) is 5.69 Å². The number of amides is 1. The third-order valence-corrected chi connectivity index (χ3v) is 6.08. The SMILES string of the molecule is C[C@@H](C(=O)N(C)C1CCCCC1)N(c1cccc(Cl)c1)S(C)(=O)=O. The molecule has 1 aliphatic rings. The molecular formula is C17H25ClN2O3S. The van der Waals surface area contributed by atoms with Gasteiger partial charge in [0.1, 0.15) is 6.04 Å². The molecule has 1 aliphatic carbocycles. The fraction of sp³-hybridized carbons (Fsp3) is 0.588. The zero-order chi connectivity index (χ0) is 17.9. The molecule has 0 aromatic heterocycles. The van der Waals surface area contributed by atoms with Crippen molar-refractivity contribution in [3.05, 3.63) is 29.3 Å². The van der Waals surface area contributed by atoms with E-state index in [1.807, 2.05) is 0 Å². The van der Waals surface area contributed by atoms with Crippen LogP contribution in [0, 0.1) is 0 Å². The Kier molecular flexibility index (Phi) is 6.15. The van der Waals surface area contributed by atoms with Gasteiger partial charge in [0.05, 0.1) is 11.9 Å². The number of benzene rings is 1. The summed E-state index contributed by atoms with van der Waals surface area (Å²) >= 11 is 5.99. The van der Waals surface area contributed by atoms with Gasteiger partial charge in [0.15, 0.2) is 0 Å². The van der Waals surface area contributed by atoms with E-state index in [0.717, 1.165) is 36.2 Å². The van der Waals surface area contributed by atoms with Crippen molar-refractivity contribution in [1.29, 1.82) is 0 Å². The lowest BCUT2D eigenvalue weighted by molar-refractivity contribution is -0.133. The molecule has 0 saturated heterocycles. The first-order chi connectivity index (χ1) is 11.2. The second kappa shape index (κ2) is 7.74. The van der Waals surface area contributed by atoms with Crippen LogP contribution in [0.2, 0.25) is 5.02 Å². The number of likely N-dealkylation sites (N-methyl/N-ethyl adjacent to an activating group) is 1. The van der Waals surface area contributed by atoms with Crippen LogP contribution >= 0.6 is 11.6 Å². The Labute approximate surface area is 149 Å². The lowest BCUT2D eigenvalue weighted by atomic mass is 9.94. The van der Waals surface area contributed by atoms with Gasteiger partial charge in [0.2, 0.25) is 15.9 Å². The van der Waals surface area contributed by atoms with E-state index in [2.05, 4.69) is 0 Å². The summed E-state index contributed by atoms with van der Waals surface area (Å²) in [5.74, 6) is -0.188. The van der Waals surface area contributed by atoms with Crippen molar-refractivity contribution in [3.8, 4) is 0 Å². The average molecular weight is 373 g/mol. The molecule has 0 radical (unpaired) electrons. The monoisotopic (exact) mass is 372 g/mol. The smallest absolute Gasteiger partial charge is 0.246 e. The van der Waals surface area contributed by atoms with E-state index in [9.17, 15) is 13.2 Å². The molecule has 5 nitrogen and oxygen atoms in total. The Balaban J connectivity index is 2.27. The van der Waals surface area contributed by atoms with Crippen molar-refractivity contribution in [2.45, 2.75) is 51.1 Å². The minimum absolute atomic E-state index is 0.188. The molecule has 1 fully saturated rings. The highest BCUT2D eigenvalue weighted by Gasteiger charge is 2.33. The van der Waals surface area contributed by atoms with Gasteiger partial charge >= 0.3 is 0 Å². The fourth-order valence-corrected chi connectivity index (χ4v) is 4.70. The number of hydrogen-bond acceptors (Lipinski definition) is 3. The Morgan fingerprint density at radius 3 is 2.42 bits per heavy atom. The molecule has 0 bridgehead atoms. The maximum absolute atomic E-state index is 12.9. The predicted molar refractivity (Wildman–Crippen MR) is 97.9 cm³/mol. The summed E-state index contributed by atoms with van der Waals surface area (Å²) in [6.45, 7) is 1.63. The van der Waals surface area contributed by atoms with Crippen LogP contribution in [0.1, 0.15) is 39.0 Å². The molecule has 0 unspecified atom stereocenters. The topological polar surface area (TPSA) is 57.7 Å². The second-order valence-corrected chi connectivity index (χ2v) is 8.75. The lowest BCUT2D eigenvalue weighted by Crippen LogP contribution is -2.51. The molecule has 0 spiro atoms. The molecule has 2 rings (SSSR count). The third kappa shape index (κ3) is 4.42. The summed E-state index contributed by atoms with van der Waals surface area (Å²) in [5.41, 5.74) is 0.405. The second-order valence-electron chi connectivity index (χ2n) is 6.46. The normalized spacial score (nSPS) is 17.3. The van der Waals surface area contributed by atoms with Crippen molar-refractivity contribution in [2.75, 3.05) is 17.6 Å². The van der Waals surface area contributed by atoms with Gasteiger partial charge < -0.3 is 4.90 Å². The quantitative estimate of drug-likeness (QED) is 0.796. The zero-order valence-electron chi connectivity index (χ0n) is 14.4. The molecule has 1 atom stereocenters. The van der Waals surface area contributed by atoms with Gasteiger partial charge in [-0.25, -0.2) is 8.42 Å². The molecule has 1 aromatic rings. The Hall–Kier alpha value is -1.27. The number of rotatable bonds is 5. The first-order valence-electron chi connectivity index (χ1n) is 8.23. The lowest BCUT2D eigenvalue weighted by Gasteiger charge is -2.36. The minimum atomic E-state index is -3.62. The standard InChI is InChI=1S/C17H25ClN2O3S/c1-13(17(21)19(2)15-9-5-4-6-10-15)20(24(3,22)23)16-11-7-8-14(18)12-16/h7-8,11-13,15H,4-6,9-10H2,1-3H3/t13-/m0/s1. The van der Waals surface area contributed by atoms with E-state index < -0.39 is 16.1 Å². The van der Waals surface area contributed by atoms with Crippen LogP contribution in [-0.2, 0) is 14.8 Å². The van der Waals surface area contributed by atoms with E-state index in [1.165, 1.54) is 6.42 Å². The molecule has 1 amide bonds. The summed E-state index contributed by atoms with van der Waals surface area (Å²) < 4.78 is 25.8. The summed E-state index contributed by atoms with van der Waals surface area (Å²) in [6.07, 6.45) is 6.49. The molecule has 0 N–H and O–H groups in total. The van der Waals surface area contributed by atoms with Gasteiger partial charge in [-0.3, -0.25) is 9.10 Å². The first-order valence-corrected chi connectivity index (χ1v) is 10.5. The van der Waals surface area contributed by atoms with Gasteiger partial charge in [-0.15, -0.1) is 0 Å². The summed E-state index contributed by atoms with van der Waals surface area (Å²) in [4.78, 5) is 14.6. The fourth-order valence-electron chi connectivity index (χ4n) is 3.36. The molecule has 7 heteroatoms.